The van der Waals surface area contributed by atoms with Crippen molar-refractivity contribution in [2.45, 2.75) is 37.8 Å². The number of carbonyl (C=O) groups is 8. The molecule has 2 rings (SSSR count). The second kappa shape index (κ2) is 38.8. The topological polar surface area (TPSA) is 324 Å². The van der Waals surface area contributed by atoms with E-state index in [0.717, 1.165) is 0 Å². The molecular formula is C36H49ClN4Na2O18. The molecule has 0 saturated heterocycles. The molecule has 2 aromatic carbocycles. The van der Waals surface area contributed by atoms with E-state index < -0.39 is 60.0 Å². The van der Waals surface area contributed by atoms with Crippen molar-refractivity contribution in [3.8, 4) is 11.5 Å². The third-order valence-electron chi connectivity index (χ3n) is 7.07. The average molecular weight is 907 g/mol. The number of amides is 4. The summed E-state index contributed by atoms with van der Waals surface area (Å²) in [4.78, 5) is 91.0. The molecule has 22 nitrogen and oxygen atoms in total. The molecule has 330 valence electrons. The standard InChI is InChI=1S/C27H40N4O13.C8H7ClO2.CH2O3.2Na.H/c1-41-19-4-2-18(3-5-19)24(35)29-11-13-43-15-17-44-16-14-42-12-10-28-22(32)8-6-20(25(36)37)30-27(40)31-21(26(38)39)7-9-23(33)34;1-11-7-4-2-6(3-5-7)8(9)10;2-1-4-3;;;/h2-5,20-21H,6-17H2,1H3,(H,28,32)(H,29,35)(H,33,34)(H,36,37)(H,38,39)(H2,30,31,40);2-5H,1H3;1,3H;;;/q;;;2*+1;-1/p-1. The van der Waals surface area contributed by atoms with Gasteiger partial charge < -0.3 is 71.8 Å². The Balaban J connectivity index is -0.000000786. The van der Waals surface area contributed by atoms with Crippen molar-refractivity contribution in [2.75, 3.05) is 67.0 Å². The number of hydrogen-bond acceptors (Lipinski definition) is 15. The fourth-order valence-corrected chi connectivity index (χ4v) is 4.24. The molecular weight excluding hydrogens is 858 g/mol. The van der Waals surface area contributed by atoms with Gasteiger partial charge in [-0.05, 0) is 73.0 Å². The number of aliphatic carboxylic acids is 3. The minimum atomic E-state index is -1.53. The maximum atomic E-state index is 12.0. The van der Waals surface area contributed by atoms with Crippen LogP contribution in [0.5, 0.6) is 11.5 Å². The molecule has 0 saturated carbocycles. The van der Waals surface area contributed by atoms with Crippen LogP contribution >= 0.6 is 11.6 Å². The molecule has 2 unspecified atom stereocenters. The Labute approximate surface area is 401 Å². The molecule has 0 aliphatic rings. The van der Waals surface area contributed by atoms with E-state index in [4.69, 9.17) is 55.6 Å². The number of ether oxygens (including phenoxy) is 5. The minimum Gasteiger partial charge on any atom is -1.00 e. The number of nitrogens with one attached hydrogen (secondary N) is 4. The fourth-order valence-electron chi connectivity index (χ4n) is 4.11. The van der Waals surface area contributed by atoms with Crippen LogP contribution in [-0.2, 0) is 43.1 Å². The van der Waals surface area contributed by atoms with Gasteiger partial charge in [0.25, 0.3) is 17.6 Å². The minimum absolute atomic E-state index is 0. The van der Waals surface area contributed by atoms with Crippen LogP contribution < -0.4 is 95.1 Å². The van der Waals surface area contributed by atoms with Crippen LogP contribution in [0.1, 0.15) is 47.8 Å². The molecule has 0 radical (unpaired) electrons. The molecule has 7 N–H and O–H groups in total. The average Bonchev–Trinajstić information content (AvgIpc) is 3.22. The first-order chi connectivity index (χ1) is 28.2. The van der Waals surface area contributed by atoms with Crippen molar-refractivity contribution in [1.82, 2.24) is 21.3 Å². The summed E-state index contributed by atoms with van der Waals surface area (Å²) in [5, 5.41) is 44.4. The van der Waals surface area contributed by atoms with Gasteiger partial charge in [0, 0.05) is 37.1 Å². The summed E-state index contributed by atoms with van der Waals surface area (Å²) in [5.41, 5.74) is 0.995. The van der Waals surface area contributed by atoms with Crippen molar-refractivity contribution in [1.29, 1.82) is 0 Å². The van der Waals surface area contributed by atoms with Crippen molar-refractivity contribution in [3.63, 3.8) is 0 Å². The molecule has 0 fully saturated rings. The van der Waals surface area contributed by atoms with Gasteiger partial charge in [-0.1, -0.05) is 0 Å². The van der Waals surface area contributed by atoms with E-state index in [-0.39, 0.29) is 106 Å². The van der Waals surface area contributed by atoms with Gasteiger partial charge in [-0.2, -0.15) is 0 Å². The van der Waals surface area contributed by atoms with E-state index in [0.29, 0.717) is 55.6 Å². The third-order valence-corrected chi connectivity index (χ3v) is 7.29. The van der Waals surface area contributed by atoms with Crippen molar-refractivity contribution < 1.29 is 148 Å². The van der Waals surface area contributed by atoms with Crippen LogP contribution in [0.2, 0.25) is 0 Å². The van der Waals surface area contributed by atoms with Gasteiger partial charge in [-0.3, -0.25) is 24.0 Å². The summed E-state index contributed by atoms with van der Waals surface area (Å²) in [5.74, 6) is -3.49. The second-order valence-corrected chi connectivity index (χ2v) is 11.6. The van der Waals surface area contributed by atoms with Crippen molar-refractivity contribution in [3.05, 3.63) is 59.7 Å². The largest absolute Gasteiger partial charge is 1.00 e. The van der Waals surface area contributed by atoms with Crippen LogP contribution in [0, 0.1) is 0 Å². The normalized spacial score (nSPS) is 10.6. The van der Waals surface area contributed by atoms with E-state index in [2.05, 4.69) is 20.8 Å². The molecule has 0 aliphatic heterocycles. The molecule has 0 spiro atoms. The fraction of sp³-hybridized carbons (Fsp3) is 0.444. The summed E-state index contributed by atoms with van der Waals surface area (Å²) in [6, 6.07) is 9.22. The number of urea groups is 1. The first-order valence-corrected chi connectivity index (χ1v) is 17.8. The molecule has 25 heteroatoms. The number of carbonyl (C=O) groups excluding carboxylic acids is 5. The number of methoxy groups -OCH3 is 2. The Hall–Kier alpha value is -4.07. The number of carboxylic acids is 3. The second-order valence-electron chi connectivity index (χ2n) is 11.2. The molecule has 0 aromatic heterocycles. The van der Waals surface area contributed by atoms with E-state index in [1.807, 2.05) is 5.32 Å². The van der Waals surface area contributed by atoms with Crippen LogP contribution in [0.4, 0.5) is 4.79 Å². The first-order valence-electron chi connectivity index (χ1n) is 17.4. The summed E-state index contributed by atoms with van der Waals surface area (Å²) >= 11 is 5.22. The van der Waals surface area contributed by atoms with Crippen molar-refractivity contribution in [2.24, 2.45) is 0 Å². The Bertz CT molecular complexity index is 1600. The smallest absolute Gasteiger partial charge is 1.00 e. The first kappa shape index (κ1) is 61.2. The predicted molar refractivity (Wildman–Crippen MR) is 203 cm³/mol. The number of rotatable bonds is 27. The molecule has 4 amide bonds. The van der Waals surface area contributed by atoms with Crippen molar-refractivity contribution >= 4 is 59.1 Å². The van der Waals surface area contributed by atoms with Gasteiger partial charge in [-0.25, -0.2) is 14.4 Å². The van der Waals surface area contributed by atoms with Crippen LogP contribution in [0.3, 0.4) is 0 Å². The summed E-state index contributed by atoms with van der Waals surface area (Å²) < 4.78 is 26.0. The molecule has 2 aromatic rings. The Morgan fingerprint density at radius 2 is 1.07 bits per heavy atom. The van der Waals surface area contributed by atoms with Gasteiger partial charge in [0.1, 0.15) is 23.6 Å². The number of halogens is 1. The zero-order valence-corrected chi connectivity index (χ0v) is 38.9. The van der Waals surface area contributed by atoms with Crippen LogP contribution in [0.25, 0.3) is 0 Å². The molecule has 0 bridgehead atoms. The number of carboxylic acid groups (broad SMARTS) is 3. The van der Waals surface area contributed by atoms with Gasteiger partial charge in [0.15, 0.2) is 0 Å². The molecule has 2 atom stereocenters. The number of hydrogen-bond donors (Lipinski definition) is 7. The quantitative estimate of drug-likeness (QED) is 0.0110. The zero-order valence-electron chi connectivity index (χ0n) is 35.2. The maximum absolute atomic E-state index is 12.0. The van der Waals surface area contributed by atoms with Gasteiger partial charge in [0.05, 0.1) is 53.9 Å². The SMILES string of the molecule is COc1ccc(C(=O)Cl)cc1.COc1ccc(C(=O)NCCOCCOCCOCCNC(=O)CCC(NC(=O)NC(CCC(=O)O)C(=O)O)C(=O)O)cc1.O=CO[O-].[H-].[Na+].[Na+]. The molecule has 0 heterocycles. The Morgan fingerprint density at radius 1 is 0.672 bits per heavy atom. The molecule has 61 heavy (non-hydrogen) atoms. The summed E-state index contributed by atoms with van der Waals surface area (Å²) in [7, 11) is 3.11. The summed E-state index contributed by atoms with van der Waals surface area (Å²) in [6.07, 6.45) is -1.42. The van der Waals surface area contributed by atoms with Crippen LogP contribution in [-0.4, -0.2) is 142 Å². The Kier molecular flexibility index (Phi) is 39.0. The van der Waals surface area contributed by atoms with E-state index in [1.54, 1.807) is 62.8 Å². The molecule has 0 aliphatic carbocycles. The van der Waals surface area contributed by atoms with Crippen LogP contribution in [0.15, 0.2) is 48.5 Å². The Morgan fingerprint density at radius 3 is 1.44 bits per heavy atom. The van der Waals surface area contributed by atoms with Gasteiger partial charge in [0.2, 0.25) is 5.91 Å². The monoisotopic (exact) mass is 906 g/mol. The van der Waals surface area contributed by atoms with E-state index in [1.165, 1.54) is 0 Å². The maximum Gasteiger partial charge on any atom is 1.00 e. The third kappa shape index (κ3) is 32.3. The van der Waals surface area contributed by atoms with Gasteiger partial charge >= 0.3 is 83.1 Å². The van der Waals surface area contributed by atoms with Gasteiger partial charge in [-0.15, -0.1) is 0 Å². The predicted octanol–water partition coefficient (Wildman–Crippen LogP) is -5.93. The van der Waals surface area contributed by atoms with E-state index >= 15 is 0 Å². The van der Waals surface area contributed by atoms with E-state index in [9.17, 15) is 38.7 Å². The zero-order chi connectivity index (χ0) is 44.4. The summed E-state index contributed by atoms with van der Waals surface area (Å²) in [6.45, 7) is 2.00. The number of benzene rings is 2.